The normalized spacial score (nSPS) is 11.5. The van der Waals surface area contributed by atoms with E-state index in [-0.39, 0.29) is 0 Å². The summed E-state index contributed by atoms with van der Waals surface area (Å²) in [7, 11) is 0. The highest BCUT2D eigenvalue weighted by atomic mass is 14.1. The lowest BCUT2D eigenvalue weighted by Crippen LogP contribution is -1.92. The van der Waals surface area contributed by atoms with Crippen molar-refractivity contribution < 1.29 is 0 Å². The van der Waals surface area contributed by atoms with Crippen molar-refractivity contribution in [3.8, 4) is 11.8 Å². The fourth-order valence-corrected chi connectivity index (χ4v) is 1.28. The fourth-order valence-electron chi connectivity index (χ4n) is 1.28. The van der Waals surface area contributed by atoms with E-state index in [2.05, 4.69) is 43.0 Å². The van der Waals surface area contributed by atoms with E-state index in [1.807, 2.05) is 13.0 Å². The molecule has 0 bridgehead atoms. The lowest BCUT2D eigenvalue weighted by Gasteiger charge is -2.06. The molecule has 0 heterocycles. The molecule has 1 atom stereocenters. The monoisotopic (exact) mass is 158 g/mol. The van der Waals surface area contributed by atoms with E-state index in [1.54, 1.807) is 0 Å². The van der Waals surface area contributed by atoms with Crippen molar-refractivity contribution in [2.24, 2.45) is 0 Å². The van der Waals surface area contributed by atoms with Gasteiger partial charge >= 0.3 is 0 Å². The van der Waals surface area contributed by atoms with Crippen molar-refractivity contribution in [3.63, 3.8) is 0 Å². The summed E-state index contributed by atoms with van der Waals surface area (Å²) in [6.45, 7) is 4.06. The van der Waals surface area contributed by atoms with Crippen molar-refractivity contribution in [1.82, 2.24) is 0 Å². The minimum atomic E-state index is 0.413. The van der Waals surface area contributed by atoms with Gasteiger partial charge in [-0.2, -0.15) is 0 Å². The van der Waals surface area contributed by atoms with Crippen LogP contribution in [0, 0.1) is 11.8 Å². The molecular weight excluding hydrogens is 144 g/mol. The van der Waals surface area contributed by atoms with Crippen LogP contribution in [0.3, 0.4) is 0 Å². The van der Waals surface area contributed by atoms with E-state index < -0.39 is 0 Å². The van der Waals surface area contributed by atoms with Gasteiger partial charge in [-0.3, -0.25) is 0 Å². The van der Waals surface area contributed by atoms with E-state index in [1.165, 1.54) is 5.56 Å². The minimum Gasteiger partial charge on any atom is -0.106 e. The van der Waals surface area contributed by atoms with Gasteiger partial charge in [-0.05, 0) is 18.9 Å². The zero-order valence-corrected chi connectivity index (χ0v) is 7.67. The summed E-state index contributed by atoms with van der Waals surface area (Å²) in [5.74, 6) is 6.58. The Morgan fingerprint density at radius 2 is 1.92 bits per heavy atom. The third-order valence-electron chi connectivity index (χ3n) is 1.93. The molecule has 62 valence electrons. The Kier molecular flexibility index (Phi) is 3.41. The predicted molar refractivity (Wildman–Crippen MR) is 52.9 cm³/mol. The van der Waals surface area contributed by atoms with Gasteiger partial charge in [-0.25, -0.2) is 0 Å². The zero-order valence-electron chi connectivity index (χ0n) is 7.67. The van der Waals surface area contributed by atoms with E-state index in [0.29, 0.717) is 5.92 Å². The smallest absolute Gasteiger partial charge is 0.0449 e. The fraction of sp³-hybridized carbons (Fsp3) is 0.333. The number of hydrogen-bond donors (Lipinski definition) is 0. The molecule has 0 saturated carbocycles. The van der Waals surface area contributed by atoms with E-state index in [9.17, 15) is 0 Å². The van der Waals surface area contributed by atoms with E-state index in [4.69, 9.17) is 0 Å². The first-order valence-corrected chi connectivity index (χ1v) is 4.35. The second-order valence-corrected chi connectivity index (χ2v) is 2.77. The highest BCUT2D eigenvalue weighted by Crippen LogP contribution is 2.17. The molecule has 0 fully saturated rings. The van der Waals surface area contributed by atoms with Gasteiger partial charge in [-0.15, -0.1) is 5.92 Å². The average molecular weight is 158 g/mol. The van der Waals surface area contributed by atoms with Gasteiger partial charge in [-0.1, -0.05) is 43.2 Å². The lowest BCUT2D eigenvalue weighted by molar-refractivity contribution is 0.830. The van der Waals surface area contributed by atoms with Crippen LogP contribution in [0.5, 0.6) is 0 Å². The predicted octanol–water partition coefficient (Wildman–Crippen LogP) is 3.20. The maximum atomic E-state index is 3.20. The highest BCUT2D eigenvalue weighted by Gasteiger charge is 2.02. The van der Waals surface area contributed by atoms with Gasteiger partial charge in [0.25, 0.3) is 0 Å². The van der Waals surface area contributed by atoms with Gasteiger partial charge < -0.3 is 0 Å². The molecule has 0 aliphatic carbocycles. The van der Waals surface area contributed by atoms with Crippen LogP contribution >= 0.6 is 0 Å². The molecule has 0 nitrogen and oxygen atoms in total. The van der Waals surface area contributed by atoms with Crippen LogP contribution in [0.2, 0.25) is 0 Å². The second-order valence-electron chi connectivity index (χ2n) is 2.77. The standard InChI is InChI=1S/C12H14/c1-3-8-11(4-2)12-9-6-5-7-10-12/h5-7,9-11H,4H2,1-2H3/t11-/m0/s1. The van der Waals surface area contributed by atoms with Crippen LogP contribution in [-0.4, -0.2) is 0 Å². The van der Waals surface area contributed by atoms with Gasteiger partial charge in [0.05, 0.1) is 0 Å². The van der Waals surface area contributed by atoms with Crippen molar-refractivity contribution >= 4 is 0 Å². The maximum absolute atomic E-state index is 3.20. The summed E-state index contributed by atoms with van der Waals surface area (Å²) >= 11 is 0. The third kappa shape index (κ3) is 2.13. The first-order valence-electron chi connectivity index (χ1n) is 4.35. The van der Waals surface area contributed by atoms with Crippen LogP contribution in [0.4, 0.5) is 0 Å². The van der Waals surface area contributed by atoms with Crippen molar-refractivity contribution in [2.75, 3.05) is 0 Å². The molecule has 0 aliphatic heterocycles. The van der Waals surface area contributed by atoms with Crippen molar-refractivity contribution in [2.45, 2.75) is 26.2 Å². The Morgan fingerprint density at radius 3 is 2.42 bits per heavy atom. The highest BCUT2D eigenvalue weighted by molar-refractivity contribution is 5.27. The number of benzene rings is 1. The van der Waals surface area contributed by atoms with Crippen LogP contribution < -0.4 is 0 Å². The molecule has 1 aromatic rings. The van der Waals surface area contributed by atoms with E-state index in [0.717, 1.165) is 6.42 Å². The molecule has 0 unspecified atom stereocenters. The molecule has 1 aromatic carbocycles. The van der Waals surface area contributed by atoms with Gasteiger partial charge in [0, 0.05) is 5.92 Å². The molecule has 0 aliphatic rings. The van der Waals surface area contributed by atoms with E-state index >= 15 is 0 Å². The zero-order chi connectivity index (χ0) is 8.81. The summed E-state index contributed by atoms with van der Waals surface area (Å²) in [6, 6.07) is 10.4. The number of rotatable bonds is 2. The maximum Gasteiger partial charge on any atom is 0.0449 e. The topological polar surface area (TPSA) is 0 Å². The summed E-state index contributed by atoms with van der Waals surface area (Å²) in [4.78, 5) is 0. The number of hydrogen-bond acceptors (Lipinski definition) is 0. The molecule has 0 spiro atoms. The van der Waals surface area contributed by atoms with Crippen LogP contribution in [0.1, 0.15) is 31.7 Å². The second kappa shape index (κ2) is 4.62. The molecule has 0 saturated heterocycles. The molecule has 0 heteroatoms. The van der Waals surface area contributed by atoms with Crippen LogP contribution in [0.25, 0.3) is 0 Å². The minimum absolute atomic E-state index is 0.413. The van der Waals surface area contributed by atoms with Gasteiger partial charge in [0.15, 0.2) is 0 Å². The Balaban J connectivity index is 2.85. The van der Waals surface area contributed by atoms with Crippen molar-refractivity contribution in [3.05, 3.63) is 35.9 Å². The summed E-state index contributed by atoms with van der Waals surface area (Å²) in [5.41, 5.74) is 1.33. The van der Waals surface area contributed by atoms with Gasteiger partial charge in [0.1, 0.15) is 0 Å². The molecule has 0 N–H and O–H groups in total. The van der Waals surface area contributed by atoms with Gasteiger partial charge in [0.2, 0.25) is 0 Å². The first kappa shape index (κ1) is 8.87. The molecule has 0 amide bonds. The van der Waals surface area contributed by atoms with Crippen LogP contribution in [-0.2, 0) is 0 Å². The molecule has 0 radical (unpaired) electrons. The summed E-state index contributed by atoms with van der Waals surface area (Å²) in [6.07, 6.45) is 1.09. The Labute approximate surface area is 74.6 Å². The van der Waals surface area contributed by atoms with Crippen molar-refractivity contribution in [1.29, 1.82) is 0 Å². The third-order valence-corrected chi connectivity index (χ3v) is 1.93. The lowest BCUT2D eigenvalue weighted by atomic mass is 9.97. The molecule has 0 aromatic heterocycles. The summed E-state index contributed by atoms with van der Waals surface area (Å²) in [5, 5.41) is 0. The quantitative estimate of drug-likeness (QED) is 0.580. The summed E-state index contributed by atoms with van der Waals surface area (Å²) < 4.78 is 0. The Hall–Kier alpha value is -1.22. The molecule has 1 rings (SSSR count). The Bertz CT molecular complexity index is 274. The molecule has 12 heavy (non-hydrogen) atoms. The van der Waals surface area contributed by atoms with Crippen LogP contribution in [0.15, 0.2) is 30.3 Å². The molecular formula is C12H14. The first-order chi connectivity index (χ1) is 5.88. The SMILES string of the molecule is CC#C[C@H](CC)c1ccccc1. The Morgan fingerprint density at radius 1 is 1.25 bits per heavy atom. The largest absolute Gasteiger partial charge is 0.106 e. The average Bonchev–Trinajstić information content (AvgIpc) is 2.15.